The molecule has 2 aromatic heterocycles. The second-order valence-electron chi connectivity index (χ2n) is 26.3. The Morgan fingerprint density at radius 1 is 0.595 bits per heavy atom. The standard InChI is InChI=1S/C69H128N5O9P/c1-4-5-6-7-8-9-10-11-12-14-19-24-29-34-39-44-49-58(2)61(80-3)52-47-42-37-32-27-22-18-17-21-26-31-36-41-46-51-60-54-59(60)50-45-40-35-30-25-20-15-13-16-23-28-33-38-43-48-53-63(75)83-84(78,79)81-55-62-65(76)66(77)69(82-62)74-57-73-64-67(70)71-56-72-68(64)74/h56-62,65-66,69,76-77H,4-55H2,1-3H3,(H,78,79)(H2,70,71,72)/t58?,59?,60?,61?,62-,65-,66-,69-/m1/s1. The predicted molar refractivity (Wildman–Crippen MR) is 346 cm³/mol. The number of unbranched alkanes of at least 4 members (excludes halogenated alkanes) is 42. The van der Waals surface area contributed by atoms with Gasteiger partial charge < -0.3 is 29.9 Å². The van der Waals surface area contributed by atoms with Crippen LogP contribution in [0.1, 0.15) is 348 Å². The number of methoxy groups -OCH3 is 1. The van der Waals surface area contributed by atoms with E-state index in [0.29, 0.717) is 24.0 Å². The van der Waals surface area contributed by atoms with Gasteiger partial charge in [0.25, 0.3) is 0 Å². The molecule has 1 aliphatic carbocycles. The molecule has 5 N–H and O–H groups in total. The van der Waals surface area contributed by atoms with E-state index in [1.165, 1.54) is 313 Å². The molecule has 2 fully saturated rings. The lowest BCUT2D eigenvalue weighted by molar-refractivity contribution is -0.136. The molecule has 9 atom stereocenters. The third-order valence-electron chi connectivity index (χ3n) is 18.9. The number of hydrogen-bond donors (Lipinski definition) is 4. The normalized spacial score (nSPS) is 20.2. The molecule has 84 heavy (non-hydrogen) atoms. The Balaban J connectivity index is 0.790. The zero-order valence-corrected chi connectivity index (χ0v) is 55.0. The lowest BCUT2D eigenvalue weighted by Crippen LogP contribution is -2.33. The Bertz CT molecular complexity index is 1940. The summed E-state index contributed by atoms with van der Waals surface area (Å²) >= 11 is 0. The third kappa shape index (κ3) is 34.0. The van der Waals surface area contributed by atoms with Crippen molar-refractivity contribution in [3.8, 4) is 0 Å². The van der Waals surface area contributed by atoms with Crippen molar-refractivity contribution in [1.29, 1.82) is 0 Å². The predicted octanol–water partition coefficient (Wildman–Crippen LogP) is 19.5. The van der Waals surface area contributed by atoms with Crippen LogP contribution in [0.25, 0.3) is 11.2 Å². The van der Waals surface area contributed by atoms with Gasteiger partial charge in [0, 0.05) is 13.5 Å². The number of aromatic nitrogens is 4. The van der Waals surface area contributed by atoms with Crippen molar-refractivity contribution in [2.45, 2.75) is 372 Å². The van der Waals surface area contributed by atoms with Gasteiger partial charge in [-0.05, 0) is 43.4 Å². The molecule has 1 saturated heterocycles. The van der Waals surface area contributed by atoms with Gasteiger partial charge in [0.15, 0.2) is 17.7 Å². The maximum absolute atomic E-state index is 12.5. The number of anilines is 1. The first-order valence-electron chi connectivity index (χ1n) is 35.7. The second kappa shape index (κ2) is 47.8. The Labute approximate surface area is 512 Å². The number of aliphatic hydroxyl groups is 2. The number of hydrogen-bond acceptors (Lipinski definition) is 12. The topological polar surface area (TPSA) is 201 Å². The molecule has 1 saturated carbocycles. The van der Waals surface area contributed by atoms with Crippen molar-refractivity contribution in [2.24, 2.45) is 17.8 Å². The zero-order valence-electron chi connectivity index (χ0n) is 54.1. The van der Waals surface area contributed by atoms with Crippen molar-refractivity contribution < 1.29 is 43.0 Å². The summed E-state index contributed by atoms with van der Waals surface area (Å²) in [6.07, 6.45) is 66.3. The first kappa shape index (κ1) is 74.3. The molecule has 3 heterocycles. The lowest BCUT2D eigenvalue weighted by atomic mass is 9.93. The largest absolute Gasteiger partial charge is 0.529 e. The fraction of sp³-hybridized carbons (Fsp3) is 0.913. The highest BCUT2D eigenvalue weighted by atomic mass is 31.2. The summed E-state index contributed by atoms with van der Waals surface area (Å²) in [5, 5.41) is 21.1. The first-order valence-corrected chi connectivity index (χ1v) is 37.2. The number of imidazole rings is 1. The van der Waals surface area contributed by atoms with Crippen molar-refractivity contribution >= 4 is 30.8 Å². The van der Waals surface area contributed by atoms with Gasteiger partial charge in [-0.2, -0.15) is 0 Å². The van der Waals surface area contributed by atoms with Gasteiger partial charge >= 0.3 is 13.8 Å². The van der Waals surface area contributed by atoms with E-state index in [-0.39, 0.29) is 17.9 Å². The monoisotopic (exact) mass is 1200 g/mol. The number of fused-ring (bicyclic) bond motifs is 1. The maximum atomic E-state index is 12.5. The summed E-state index contributed by atoms with van der Waals surface area (Å²) in [6.45, 7) is 4.14. The molecule has 1 aliphatic heterocycles. The molecule has 15 heteroatoms. The maximum Gasteiger partial charge on any atom is 0.529 e. The molecule has 2 aliphatic rings. The van der Waals surface area contributed by atoms with Gasteiger partial charge in [-0.25, -0.2) is 19.5 Å². The summed E-state index contributed by atoms with van der Waals surface area (Å²) in [4.78, 5) is 34.6. The van der Waals surface area contributed by atoms with Gasteiger partial charge in [0.05, 0.1) is 19.0 Å². The number of carbonyl (C=O) groups is 1. The fourth-order valence-electron chi connectivity index (χ4n) is 13.2. The van der Waals surface area contributed by atoms with Gasteiger partial charge in [0.2, 0.25) is 0 Å². The van der Waals surface area contributed by atoms with Crippen LogP contribution in [0.3, 0.4) is 0 Å². The summed E-state index contributed by atoms with van der Waals surface area (Å²) < 4.78 is 35.3. The highest BCUT2D eigenvalue weighted by Crippen LogP contribution is 2.46. The van der Waals surface area contributed by atoms with E-state index in [0.717, 1.165) is 31.1 Å². The Hall–Kier alpha value is -2.19. The number of carbonyl (C=O) groups excluding carboxylic acids is 1. The van der Waals surface area contributed by atoms with E-state index in [1.807, 2.05) is 7.11 Å². The van der Waals surface area contributed by atoms with Gasteiger partial charge in [-0.15, -0.1) is 0 Å². The van der Waals surface area contributed by atoms with E-state index in [9.17, 15) is 24.5 Å². The molecule has 2 aromatic rings. The van der Waals surface area contributed by atoms with Crippen LogP contribution in [-0.2, 0) is 27.9 Å². The van der Waals surface area contributed by atoms with Gasteiger partial charge in [-0.3, -0.25) is 18.8 Å². The van der Waals surface area contributed by atoms with Crippen molar-refractivity contribution in [3.63, 3.8) is 0 Å². The molecule has 0 amide bonds. The van der Waals surface area contributed by atoms with Crippen LogP contribution in [0.2, 0.25) is 0 Å². The zero-order chi connectivity index (χ0) is 60.1. The van der Waals surface area contributed by atoms with Gasteiger partial charge in [-0.1, -0.05) is 309 Å². The summed E-state index contributed by atoms with van der Waals surface area (Å²) in [6, 6.07) is 0. The molecule has 0 spiro atoms. The number of nitrogens with two attached hydrogens (primary N) is 1. The summed E-state index contributed by atoms with van der Waals surface area (Å²) in [7, 11) is -2.82. The van der Waals surface area contributed by atoms with Crippen LogP contribution in [0, 0.1) is 17.8 Å². The number of ether oxygens (including phenoxy) is 2. The summed E-state index contributed by atoms with van der Waals surface area (Å²) in [5.41, 5.74) is 6.42. The van der Waals surface area contributed by atoms with Crippen LogP contribution in [0.15, 0.2) is 12.7 Å². The van der Waals surface area contributed by atoms with Crippen molar-refractivity contribution in [1.82, 2.24) is 19.5 Å². The molecular weight excluding hydrogens is 1070 g/mol. The fourth-order valence-corrected chi connectivity index (χ4v) is 14.0. The Kier molecular flexibility index (Phi) is 42.2. The number of rotatable bonds is 59. The number of nitrogens with zero attached hydrogens (tertiary/aromatic N) is 4. The number of aliphatic hydroxyl groups excluding tert-OH is 2. The molecular formula is C69H128N5O9P. The van der Waals surface area contributed by atoms with E-state index in [4.69, 9.17) is 24.3 Å². The number of phosphoric ester groups is 1. The van der Waals surface area contributed by atoms with Crippen molar-refractivity contribution in [3.05, 3.63) is 12.7 Å². The van der Waals surface area contributed by atoms with Crippen LogP contribution in [0.4, 0.5) is 5.82 Å². The molecule has 0 bridgehead atoms. The minimum Gasteiger partial charge on any atom is -0.387 e. The smallest absolute Gasteiger partial charge is 0.387 e. The molecule has 5 unspecified atom stereocenters. The average molecular weight is 1200 g/mol. The lowest BCUT2D eigenvalue weighted by Gasteiger charge is -2.22. The molecule has 0 aromatic carbocycles. The van der Waals surface area contributed by atoms with Crippen LogP contribution in [0.5, 0.6) is 0 Å². The average Bonchev–Trinajstić information content (AvgIpc) is 3.40. The van der Waals surface area contributed by atoms with Crippen molar-refractivity contribution in [2.75, 3.05) is 19.5 Å². The molecule has 0 radical (unpaired) electrons. The Morgan fingerprint density at radius 2 is 1.00 bits per heavy atom. The van der Waals surface area contributed by atoms with Crippen LogP contribution in [-0.4, -0.2) is 78.7 Å². The van der Waals surface area contributed by atoms with Gasteiger partial charge in [0.1, 0.15) is 30.2 Å². The SMILES string of the molecule is CCCCCCCCCCCCCCCCCCC(C)C(CCCCCCCCCCCCCCCCC1CC1CCCCCCCCCCCCCCCCCC(=O)OP(=O)(O)OC[C@H]1O[C@@H](n2cnc3c(N)ncnc32)[C@H](O)[C@@H]1O)OC. The number of phosphoric acid groups is 1. The highest BCUT2D eigenvalue weighted by Gasteiger charge is 2.46. The van der Waals surface area contributed by atoms with E-state index in [2.05, 4.69) is 28.8 Å². The minimum atomic E-state index is -4.77. The summed E-state index contributed by atoms with van der Waals surface area (Å²) in [5.74, 6) is 2.12. The molecule has 488 valence electrons. The Morgan fingerprint density at radius 3 is 1.44 bits per heavy atom. The first-order chi connectivity index (χ1) is 41.0. The van der Waals surface area contributed by atoms with Crippen LogP contribution >= 0.6 is 7.82 Å². The quantitative estimate of drug-likeness (QED) is 0.0360. The minimum absolute atomic E-state index is 0.00877. The van der Waals surface area contributed by atoms with E-state index in [1.54, 1.807) is 0 Å². The third-order valence-corrected chi connectivity index (χ3v) is 19.8. The van der Waals surface area contributed by atoms with Crippen LogP contribution < -0.4 is 5.73 Å². The molecule has 4 rings (SSSR count). The van der Waals surface area contributed by atoms with E-state index < -0.39 is 44.9 Å². The highest BCUT2D eigenvalue weighted by molar-refractivity contribution is 7.48. The second-order valence-corrected chi connectivity index (χ2v) is 27.7. The molecule has 14 nitrogen and oxygen atoms in total. The van der Waals surface area contributed by atoms with E-state index >= 15 is 0 Å². The number of nitrogen functional groups attached to an aromatic ring is 1.